The number of aliphatic carboxylic acids is 1. The molecule has 1 aliphatic heterocycles. The monoisotopic (exact) mass is 273 g/mol. The lowest BCUT2D eigenvalue weighted by Crippen LogP contribution is -2.43. The minimum Gasteiger partial charge on any atom is -0.480 e. The molecule has 1 rings (SSSR count). The Kier molecular flexibility index (Phi) is 4.39. The summed E-state index contributed by atoms with van der Waals surface area (Å²) >= 11 is 0. The van der Waals surface area contributed by atoms with Crippen LogP contribution in [0, 0.1) is 0 Å². The van der Waals surface area contributed by atoms with Crippen molar-refractivity contribution >= 4 is 18.0 Å². The lowest BCUT2D eigenvalue weighted by Gasteiger charge is -2.26. The molecule has 1 amide bonds. The maximum Gasteiger partial charge on any atom is 0.411 e. The molecule has 0 aromatic heterocycles. The highest BCUT2D eigenvalue weighted by molar-refractivity contribution is 5.81. The van der Waals surface area contributed by atoms with Crippen LogP contribution < -0.4 is 0 Å². The standard InChI is InChI=1S/C12H19NO6/c1-7(14)18-8-5-9(10(15)16)13(6-8)11(17)19-12(2,3)4/h8-9H,5-6H2,1-4H3,(H,15,16)/t8-,9-/m0/s1. The van der Waals surface area contributed by atoms with E-state index in [1.807, 2.05) is 0 Å². The van der Waals surface area contributed by atoms with E-state index < -0.39 is 35.8 Å². The normalized spacial score (nSPS) is 23.1. The zero-order valence-corrected chi connectivity index (χ0v) is 11.5. The fraction of sp³-hybridized carbons (Fsp3) is 0.750. The van der Waals surface area contributed by atoms with Crippen LogP contribution >= 0.6 is 0 Å². The van der Waals surface area contributed by atoms with E-state index in [0.717, 1.165) is 4.90 Å². The summed E-state index contributed by atoms with van der Waals surface area (Å²) in [7, 11) is 0. The SMILES string of the molecule is CC(=O)O[C@H]1C[C@@H](C(=O)O)N(C(=O)OC(C)(C)C)C1. The Balaban J connectivity index is 2.76. The van der Waals surface area contributed by atoms with Crippen LogP contribution in [0.5, 0.6) is 0 Å². The predicted octanol–water partition coefficient (Wildman–Crippen LogP) is 1.01. The molecule has 1 aliphatic rings. The first-order valence-electron chi connectivity index (χ1n) is 6.00. The molecule has 7 nitrogen and oxygen atoms in total. The molecule has 0 aromatic rings. The molecule has 0 aromatic carbocycles. The van der Waals surface area contributed by atoms with Crippen molar-refractivity contribution < 1.29 is 29.0 Å². The summed E-state index contributed by atoms with van der Waals surface area (Å²) in [5.74, 6) is -1.64. The number of carboxylic acids is 1. The molecular weight excluding hydrogens is 254 g/mol. The molecule has 0 bridgehead atoms. The van der Waals surface area contributed by atoms with Gasteiger partial charge in [0.2, 0.25) is 0 Å². The smallest absolute Gasteiger partial charge is 0.411 e. The second-order valence-electron chi connectivity index (χ2n) is 5.45. The number of nitrogens with zero attached hydrogens (tertiary/aromatic N) is 1. The summed E-state index contributed by atoms with van der Waals surface area (Å²) in [6.07, 6.45) is -1.24. The Labute approximate surface area is 111 Å². The van der Waals surface area contributed by atoms with Crippen molar-refractivity contribution in [3.8, 4) is 0 Å². The van der Waals surface area contributed by atoms with Crippen LogP contribution in [0.4, 0.5) is 4.79 Å². The van der Waals surface area contributed by atoms with Gasteiger partial charge in [-0.3, -0.25) is 9.69 Å². The average Bonchev–Trinajstić information content (AvgIpc) is 2.57. The van der Waals surface area contributed by atoms with Gasteiger partial charge in [0.1, 0.15) is 17.7 Å². The van der Waals surface area contributed by atoms with E-state index >= 15 is 0 Å². The summed E-state index contributed by atoms with van der Waals surface area (Å²) in [4.78, 5) is 35.0. The van der Waals surface area contributed by atoms with Crippen LogP contribution in [0.15, 0.2) is 0 Å². The van der Waals surface area contributed by atoms with E-state index in [1.165, 1.54) is 6.92 Å². The summed E-state index contributed by atoms with van der Waals surface area (Å²) in [6.45, 7) is 6.36. The van der Waals surface area contributed by atoms with Crippen LogP contribution in [0.3, 0.4) is 0 Å². The number of carbonyl (C=O) groups excluding carboxylic acids is 2. The maximum absolute atomic E-state index is 11.9. The summed E-state index contributed by atoms with van der Waals surface area (Å²) in [5.41, 5.74) is -0.709. The first kappa shape index (κ1) is 15.3. The van der Waals surface area contributed by atoms with E-state index in [9.17, 15) is 14.4 Å². The van der Waals surface area contributed by atoms with E-state index in [-0.39, 0.29) is 13.0 Å². The maximum atomic E-state index is 11.9. The lowest BCUT2D eigenvalue weighted by molar-refractivity contribution is -0.146. The topological polar surface area (TPSA) is 93.1 Å². The van der Waals surface area contributed by atoms with Crippen molar-refractivity contribution in [2.75, 3.05) is 6.54 Å². The molecule has 108 valence electrons. The predicted molar refractivity (Wildman–Crippen MR) is 64.5 cm³/mol. The number of amides is 1. The highest BCUT2D eigenvalue weighted by Crippen LogP contribution is 2.23. The zero-order chi connectivity index (χ0) is 14.8. The number of esters is 1. The number of hydrogen-bond donors (Lipinski definition) is 1. The van der Waals surface area contributed by atoms with E-state index in [1.54, 1.807) is 20.8 Å². The third-order valence-electron chi connectivity index (χ3n) is 2.51. The van der Waals surface area contributed by atoms with Crippen LogP contribution in [0.25, 0.3) is 0 Å². The van der Waals surface area contributed by atoms with Crippen LogP contribution in [0.1, 0.15) is 34.1 Å². The Morgan fingerprint density at radius 2 is 1.84 bits per heavy atom. The van der Waals surface area contributed by atoms with Crippen LogP contribution in [-0.2, 0) is 19.1 Å². The van der Waals surface area contributed by atoms with Gasteiger partial charge in [0, 0.05) is 13.3 Å². The van der Waals surface area contributed by atoms with Crippen molar-refractivity contribution in [2.45, 2.75) is 51.9 Å². The van der Waals surface area contributed by atoms with E-state index in [4.69, 9.17) is 14.6 Å². The van der Waals surface area contributed by atoms with E-state index in [2.05, 4.69) is 0 Å². The first-order chi connectivity index (χ1) is 8.60. The minimum atomic E-state index is -1.14. The molecule has 1 fully saturated rings. The van der Waals surface area contributed by atoms with Crippen LogP contribution in [-0.4, -0.2) is 52.3 Å². The molecule has 19 heavy (non-hydrogen) atoms. The van der Waals surface area contributed by atoms with Gasteiger partial charge in [-0.1, -0.05) is 0 Å². The fourth-order valence-electron chi connectivity index (χ4n) is 1.87. The quantitative estimate of drug-likeness (QED) is 0.755. The van der Waals surface area contributed by atoms with Crippen molar-refractivity contribution in [3.05, 3.63) is 0 Å². The molecule has 1 heterocycles. The first-order valence-corrected chi connectivity index (χ1v) is 6.00. The molecule has 7 heteroatoms. The molecule has 2 atom stereocenters. The van der Waals surface area contributed by atoms with Gasteiger partial charge in [-0.15, -0.1) is 0 Å². The van der Waals surface area contributed by atoms with Gasteiger partial charge < -0.3 is 14.6 Å². The van der Waals surface area contributed by atoms with Crippen molar-refractivity contribution in [2.24, 2.45) is 0 Å². The number of rotatable bonds is 2. The minimum absolute atomic E-state index is 0.0332. The van der Waals surface area contributed by atoms with Crippen molar-refractivity contribution in [1.29, 1.82) is 0 Å². The third-order valence-corrected chi connectivity index (χ3v) is 2.51. The molecule has 1 N–H and O–H groups in total. The highest BCUT2D eigenvalue weighted by atomic mass is 16.6. The largest absolute Gasteiger partial charge is 0.480 e. The number of ether oxygens (including phenoxy) is 2. The molecular formula is C12H19NO6. The molecule has 1 saturated heterocycles. The molecule has 0 spiro atoms. The van der Waals surface area contributed by atoms with Gasteiger partial charge in [-0.05, 0) is 20.8 Å². The number of carboxylic acid groups (broad SMARTS) is 1. The summed E-state index contributed by atoms with van der Waals surface area (Å²) in [5, 5.41) is 9.09. The molecule has 0 saturated carbocycles. The van der Waals surface area contributed by atoms with Crippen LogP contribution in [0.2, 0.25) is 0 Å². The Morgan fingerprint density at radius 3 is 2.26 bits per heavy atom. The van der Waals surface area contributed by atoms with Gasteiger partial charge in [0.05, 0.1) is 6.54 Å². The Bertz CT molecular complexity index is 386. The fourth-order valence-corrected chi connectivity index (χ4v) is 1.87. The lowest BCUT2D eigenvalue weighted by atomic mass is 10.2. The van der Waals surface area contributed by atoms with E-state index in [0.29, 0.717) is 0 Å². The molecule has 0 radical (unpaired) electrons. The Hall–Kier alpha value is -1.79. The highest BCUT2D eigenvalue weighted by Gasteiger charge is 2.42. The average molecular weight is 273 g/mol. The molecule has 0 unspecified atom stereocenters. The Morgan fingerprint density at radius 1 is 1.26 bits per heavy atom. The second kappa shape index (κ2) is 5.46. The van der Waals surface area contributed by atoms with Gasteiger partial charge in [-0.2, -0.15) is 0 Å². The van der Waals surface area contributed by atoms with Gasteiger partial charge in [-0.25, -0.2) is 9.59 Å². The van der Waals surface area contributed by atoms with Crippen molar-refractivity contribution in [3.63, 3.8) is 0 Å². The van der Waals surface area contributed by atoms with Gasteiger partial charge >= 0.3 is 18.0 Å². The summed E-state index contributed by atoms with van der Waals surface area (Å²) < 4.78 is 10.1. The number of carbonyl (C=O) groups is 3. The molecule has 0 aliphatic carbocycles. The van der Waals surface area contributed by atoms with Gasteiger partial charge in [0.25, 0.3) is 0 Å². The number of hydrogen-bond acceptors (Lipinski definition) is 5. The number of likely N-dealkylation sites (tertiary alicyclic amines) is 1. The summed E-state index contributed by atoms with van der Waals surface area (Å²) in [6, 6.07) is -1.03. The zero-order valence-electron chi connectivity index (χ0n) is 11.5. The third kappa shape index (κ3) is 4.42. The van der Waals surface area contributed by atoms with Gasteiger partial charge in [0.15, 0.2) is 0 Å². The second-order valence-corrected chi connectivity index (χ2v) is 5.45. The van der Waals surface area contributed by atoms with Crippen molar-refractivity contribution in [1.82, 2.24) is 4.90 Å².